The van der Waals surface area contributed by atoms with Gasteiger partial charge in [-0.2, -0.15) is 5.10 Å². The van der Waals surface area contributed by atoms with E-state index >= 15 is 0 Å². The summed E-state index contributed by atoms with van der Waals surface area (Å²) >= 11 is 0. The van der Waals surface area contributed by atoms with Crippen LogP contribution in [0.2, 0.25) is 0 Å². The number of benzene rings is 1. The molecular formula is C15H21N5O. The highest BCUT2D eigenvalue weighted by Gasteiger charge is 2.16. The average Bonchev–Trinajstić information content (AvgIpc) is 3.03. The Bertz CT molecular complexity index is 526. The maximum absolute atomic E-state index is 12.1. The van der Waals surface area contributed by atoms with Gasteiger partial charge in [0.05, 0.1) is 5.92 Å². The fourth-order valence-corrected chi connectivity index (χ4v) is 2.14. The third-order valence-electron chi connectivity index (χ3n) is 3.33. The third-order valence-corrected chi connectivity index (χ3v) is 3.33. The van der Waals surface area contributed by atoms with Gasteiger partial charge in [-0.15, -0.1) is 0 Å². The maximum atomic E-state index is 12.1. The zero-order valence-electron chi connectivity index (χ0n) is 12.0. The van der Waals surface area contributed by atoms with Crippen molar-refractivity contribution in [1.29, 1.82) is 0 Å². The van der Waals surface area contributed by atoms with E-state index in [1.807, 2.05) is 30.3 Å². The van der Waals surface area contributed by atoms with E-state index in [0.29, 0.717) is 19.5 Å². The Labute approximate surface area is 124 Å². The van der Waals surface area contributed by atoms with Crippen LogP contribution in [0.15, 0.2) is 36.7 Å². The normalized spacial score (nSPS) is 12.0. The van der Waals surface area contributed by atoms with Crippen molar-refractivity contribution in [2.75, 3.05) is 13.1 Å². The summed E-state index contributed by atoms with van der Waals surface area (Å²) < 4.78 is 0. The van der Waals surface area contributed by atoms with Crippen molar-refractivity contribution in [3.8, 4) is 0 Å². The van der Waals surface area contributed by atoms with E-state index in [1.165, 1.54) is 6.33 Å². The molecule has 6 heteroatoms. The predicted octanol–water partition coefficient (Wildman–Crippen LogP) is 0.671. The molecule has 0 aliphatic rings. The van der Waals surface area contributed by atoms with Gasteiger partial charge in [0.15, 0.2) is 0 Å². The Morgan fingerprint density at radius 1 is 1.33 bits per heavy atom. The second kappa shape index (κ2) is 8.16. The number of nitrogens with two attached hydrogens (primary N) is 1. The summed E-state index contributed by atoms with van der Waals surface area (Å²) in [6.45, 7) is 0.966. The first-order valence-electron chi connectivity index (χ1n) is 7.15. The summed E-state index contributed by atoms with van der Waals surface area (Å²) in [6.07, 6.45) is 3.75. The number of aryl methyl sites for hydroxylation is 1. The van der Waals surface area contributed by atoms with Crippen LogP contribution in [-0.2, 0) is 17.6 Å². The lowest BCUT2D eigenvalue weighted by molar-refractivity contribution is -0.124. The minimum Gasteiger partial charge on any atom is -0.356 e. The molecule has 112 valence electrons. The first-order chi connectivity index (χ1) is 10.3. The number of aromatic nitrogens is 3. The highest BCUT2D eigenvalue weighted by atomic mass is 16.1. The molecule has 1 amide bonds. The molecule has 0 spiro atoms. The monoisotopic (exact) mass is 287 g/mol. The highest BCUT2D eigenvalue weighted by Crippen LogP contribution is 2.08. The molecule has 6 nitrogen and oxygen atoms in total. The second-order valence-electron chi connectivity index (χ2n) is 4.95. The topological polar surface area (TPSA) is 96.7 Å². The molecule has 0 bridgehead atoms. The first kappa shape index (κ1) is 15.2. The van der Waals surface area contributed by atoms with Crippen molar-refractivity contribution in [3.63, 3.8) is 0 Å². The number of H-pyrrole nitrogens is 1. The van der Waals surface area contributed by atoms with E-state index in [1.54, 1.807) is 0 Å². The third kappa shape index (κ3) is 5.00. The van der Waals surface area contributed by atoms with Gasteiger partial charge in [-0.1, -0.05) is 30.3 Å². The van der Waals surface area contributed by atoms with E-state index in [4.69, 9.17) is 5.73 Å². The predicted molar refractivity (Wildman–Crippen MR) is 80.4 cm³/mol. The molecule has 0 saturated carbocycles. The van der Waals surface area contributed by atoms with Crippen molar-refractivity contribution < 1.29 is 4.79 Å². The Morgan fingerprint density at radius 2 is 2.14 bits per heavy atom. The number of carbonyl (C=O) groups excluding carboxylic acids is 1. The second-order valence-corrected chi connectivity index (χ2v) is 4.95. The number of amides is 1. The molecule has 1 aromatic carbocycles. The summed E-state index contributed by atoms with van der Waals surface area (Å²) in [5.74, 6) is 0.667. The van der Waals surface area contributed by atoms with Gasteiger partial charge >= 0.3 is 0 Å². The van der Waals surface area contributed by atoms with Gasteiger partial charge < -0.3 is 11.1 Å². The SMILES string of the molecule is NCC(Cc1ccccc1)C(=O)NCCCc1ncn[nH]1. The van der Waals surface area contributed by atoms with Crippen LogP contribution < -0.4 is 11.1 Å². The number of carbonyl (C=O) groups is 1. The van der Waals surface area contributed by atoms with Gasteiger partial charge in [0.2, 0.25) is 5.91 Å². The van der Waals surface area contributed by atoms with Gasteiger partial charge in [-0.05, 0) is 18.4 Å². The lowest BCUT2D eigenvalue weighted by atomic mass is 9.98. The summed E-state index contributed by atoms with van der Waals surface area (Å²) in [5.41, 5.74) is 6.85. The number of rotatable bonds is 8. The number of nitrogens with one attached hydrogen (secondary N) is 2. The zero-order chi connectivity index (χ0) is 14.9. The van der Waals surface area contributed by atoms with Crippen LogP contribution in [0.1, 0.15) is 17.8 Å². The van der Waals surface area contributed by atoms with Crippen LogP contribution in [0.4, 0.5) is 0 Å². The van der Waals surface area contributed by atoms with Crippen LogP contribution in [-0.4, -0.2) is 34.2 Å². The molecule has 0 radical (unpaired) electrons. The molecule has 0 fully saturated rings. The molecule has 21 heavy (non-hydrogen) atoms. The molecule has 1 aromatic heterocycles. The van der Waals surface area contributed by atoms with Crippen LogP contribution in [0.25, 0.3) is 0 Å². The average molecular weight is 287 g/mol. The Morgan fingerprint density at radius 3 is 2.81 bits per heavy atom. The molecule has 2 aromatic rings. The Balaban J connectivity index is 1.72. The summed E-state index contributed by atoms with van der Waals surface area (Å²) in [4.78, 5) is 16.2. The molecule has 4 N–H and O–H groups in total. The van der Waals surface area contributed by atoms with E-state index in [0.717, 1.165) is 24.2 Å². The summed E-state index contributed by atoms with van der Waals surface area (Å²) in [5, 5.41) is 9.52. The largest absolute Gasteiger partial charge is 0.356 e. The van der Waals surface area contributed by atoms with Crippen molar-refractivity contribution >= 4 is 5.91 Å². The summed E-state index contributed by atoms with van der Waals surface area (Å²) in [7, 11) is 0. The minimum atomic E-state index is -0.183. The smallest absolute Gasteiger partial charge is 0.224 e. The summed E-state index contributed by atoms with van der Waals surface area (Å²) in [6, 6.07) is 9.93. The Hall–Kier alpha value is -2.21. The van der Waals surface area contributed by atoms with Gasteiger partial charge in [-0.25, -0.2) is 4.98 Å². The minimum absolute atomic E-state index is 0.0129. The van der Waals surface area contributed by atoms with Crippen molar-refractivity contribution in [1.82, 2.24) is 20.5 Å². The first-order valence-corrected chi connectivity index (χ1v) is 7.15. The number of hydrogen-bond donors (Lipinski definition) is 3. The fraction of sp³-hybridized carbons (Fsp3) is 0.400. The molecule has 1 unspecified atom stereocenters. The zero-order valence-corrected chi connectivity index (χ0v) is 12.0. The van der Waals surface area contributed by atoms with Gasteiger partial charge in [-0.3, -0.25) is 9.89 Å². The van der Waals surface area contributed by atoms with Crippen molar-refractivity contribution in [3.05, 3.63) is 48.0 Å². The van der Waals surface area contributed by atoms with Gasteiger partial charge in [0.1, 0.15) is 12.2 Å². The lowest BCUT2D eigenvalue weighted by Crippen LogP contribution is -2.36. The number of hydrogen-bond acceptors (Lipinski definition) is 4. The lowest BCUT2D eigenvalue weighted by Gasteiger charge is -2.14. The highest BCUT2D eigenvalue weighted by molar-refractivity contribution is 5.79. The van der Waals surface area contributed by atoms with Crippen LogP contribution in [0.5, 0.6) is 0 Å². The van der Waals surface area contributed by atoms with E-state index < -0.39 is 0 Å². The van der Waals surface area contributed by atoms with E-state index in [2.05, 4.69) is 20.5 Å². The number of aromatic amines is 1. The van der Waals surface area contributed by atoms with Gasteiger partial charge in [0.25, 0.3) is 0 Å². The Kier molecular flexibility index (Phi) is 5.90. The van der Waals surface area contributed by atoms with Crippen molar-refractivity contribution in [2.24, 2.45) is 11.7 Å². The van der Waals surface area contributed by atoms with Gasteiger partial charge in [0, 0.05) is 19.5 Å². The van der Waals surface area contributed by atoms with Crippen LogP contribution in [0.3, 0.4) is 0 Å². The van der Waals surface area contributed by atoms with Crippen LogP contribution in [0, 0.1) is 5.92 Å². The maximum Gasteiger partial charge on any atom is 0.224 e. The fourth-order valence-electron chi connectivity index (χ4n) is 2.14. The number of nitrogens with zero attached hydrogens (tertiary/aromatic N) is 2. The molecule has 0 saturated heterocycles. The van der Waals surface area contributed by atoms with Crippen molar-refractivity contribution in [2.45, 2.75) is 19.3 Å². The van der Waals surface area contributed by atoms with E-state index in [-0.39, 0.29) is 11.8 Å². The molecule has 0 aliphatic heterocycles. The molecule has 2 rings (SSSR count). The quantitative estimate of drug-likeness (QED) is 0.622. The molecule has 1 heterocycles. The molecular weight excluding hydrogens is 266 g/mol. The van der Waals surface area contributed by atoms with Crippen LogP contribution >= 0.6 is 0 Å². The molecule has 0 aliphatic carbocycles. The van der Waals surface area contributed by atoms with E-state index in [9.17, 15) is 4.79 Å². The standard InChI is InChI=1S/C15H21N5O/c16-10-13(9-12-5-2-1-3-6-12)15(21)17-8-4-7-14-18-11-19-20-14/h1-3,5-6,11,13H,4,7-10,16H2,(H,17,21)(H,18,19,20). The molecule has 1 atom stereocenters.